The molecule has 0 bridgehead atoms. The molecule has 1 atom stereocenters. The van der Waals surface area contributed by atoms with Gasteiger partial charge in [-0.3, -0.25) is 9.36 Å². The van der Waals surface area contributed by atoms with Crippen LogP contribution in [-0.2, 0) is 18.8 Å². The van der Waals surface area contributed by atoms with Crippen molar-refractivity contribution in [2.24, 2.45) is 14.1 Å². The van der Waals surface area contributed by atoms with Gasteiger partial charge in [0, 0.05) is 31.5 Å². The predicted molar refractivity (Wildman–Crippen MR) is 70.1 cm³/mol. The van der Waals surface area contributed by atoms with Crippen molar-refractivity contribution in [2.75, 3.05) is 0 Å². The van der Waals surface area contributed by atoms with Crippen molar-refractivity contribution in [2.45, 2.75) is 26.1 Å². The molecule has 0 aliphatic carbocycles. The molecule has 0 saturated carbocycles. The summed E-state index contributed by atoms with van der Waals surface area (Å²) in [6.07, 6.45) is -4.66. The number of rotatable bonds is 3. The number of esters is 1. The molecule has 0 aliphatic rings. The Bertz CT molecular complexity index is 703. The van der Waals surface area contributed by atoms with E-state index in [1.807, 2.05) is 0 Å². The van der Waals surface area contributed by atoms with Crippen LogP contribution in [0.2, 0.25) is 0 Å². The third kappa shape index (κ3) is 2.97. The molecule has 0 fully saturated rings. The number of hydrogen-bond acceptors (Lipinski definition) is 4. The zero-order chi connectivity index (χ0) is 16.7. The number of aryl methyl sites for hydroxylation is 3. The highest BCUT2D eigenvalue weighted by Crippen LogP contribution is 2.39. The molecule has 0 radical (unpaired) electrons. The van der Waals surface area contributed by atoms with E-state index in [0.717, 1.165) is 6.20 Å². The van der Waals surface area contributed by atoms with Gasteiger partial charge in [-0.15, -0.1) is 0 Å². The summed E-state index contributed by atoms with van der Waals surface area (Å²) in [6, 6.07) is 0. The van der Waals surface area contributed by atoms with E-state index >= 15 is 0 Å². The molecule has 0 spiro atoms. The van der Waals surface area contributed by atoms with Crippen molar-refractivity contribution < 1.29 is 22.7 Å². The first-order valence-electron chi connectivity index (χ1n) is 6.37. The van der Waals surface area contributed by atoms with Gasteiger partial charge >= 0.3 is 12.1 Å². The highest BCUT2D eigenvalue weighted by molar-refractivity contribution is 5.89. The van der Waals surface area contributed by atoms with E-state index in [9.17, 15) is 18.0 Å². The third-order valence-corrected chi connectivity index (χ3v) is 3.29. The highest BCUT2D eigenvalue weighted by atomic mass is 19.4. The van der Waals surface area contributed by atoms with Gasteiger partial charge in [0.05, 0.1) is 17.5 Å². The minimum absolute atomic E-state index is 0.0454. The van der Waals surface area contributed by atoms with Gasteiger partial charge in [0.25, 0.3) is 0 Å². The lowest BCUT2D eigenvalue weighted by atomic mass is 10.1. The van der Waals surface area contributed by atoms with Gasteiger partial charge in [0.1, 0.15) is 0 Å². The second-order valence-corrected chi connectivity index (χ2v) is 4.94. The second-order valence-electron chi connectivity index (χ2n) is 4.94. The van der Waals surface area contributed by atoms with Gasteiger partial charge in [-0.05, 0) is 13.8 Å². The zero-order valence-corrected chi connectivity index (χ0v) is 12.5. The molecule has 120 valence electrons. The van der Waals surface area contributed by atoms with Crippen molar-refractivity contribution in [3.8, 4) is 0 Å². The van der Waals surface area contributed by atoms with Gasteiger partial charge in [-0.25, -0.2) is 4.79 Å². The van der Waals surface area contributed by atoms with Crippen LogP contribution in [-0.4, -0.2) is 31.7 Å². The van der Waals surface area contributed by atoms with E-state index in [2.05, 4.69) is 10.2 Å². The van der Waals surface area contributed by atoms with Gasteiger partial charge in [0.2, 0.25) is 6.10 Å². The molecular weight excluding hydrogens is 301 g/mol. The van der Waals surface area contributed by atoms with Crippen LogP contribution in [0.3, 0.4) is 0 Å². The van der Waals surface area contributed by atoms with E-state index in [1.54, 1.807) is 7.05 Å². The molecule has 9 heteroatoms. The van der Waals surface area contributed by atoms with Crippen molar-refractivity contribution in [3.05, 3.63) is 34.9 Å². The monoisotopic (exact) mass is 316 g/mol. The Hall–Kier alpha value is -2.32. The average molecular weight is 316 g/mol. The lowest BCUT2D eigenvalue weighted by Crippen LogP contribution is -2.27. The normalized spacial score (nSPS) is 13.2. The Morgan fingerprint density at radius 3 is 2.36 bits per heavy atom. The van der Waals surface area contributed by atoms with Crippen molar-refractivity contribution in [1.82, 2.24) is 19.6 Å². The first-order chi connectivity index (χ1) is 10.1. The van der Waals surface area contributed by atoms with Crippen LogP contribution < -0.4 is 0 Å². The summed E-state index contributed by atoms with van der Waals surface area (Å²) in [5.74, 6) is -1.09. The van der Waals surface area contributed by atoms with Crippen LogP contribution >= 0.6 is 0 Å². The maximum atomic E-state index is 13.3. The van der Waals surface area contributed by atoms with E-state index in [-0.39, 0.29) is 16.8 Å². The fourth-order valence-corrected chi connectivity index (χ4v) is 2.16. The molecular formula is C13H15F3N4O2. The van der Waals surface area contributed by atoms with Crippen LogP contribution in [0.15, 0.2) is 12.4 Å². The first kappa shape index (κ1) is 16.1. The number of alkyl halides is 3. The summed E-state index contributed by atoms with van der Waals surface area (Å²) in [7, 11) is 3.08. The summed E-state index contributed by atoms with van der Waals surface area (Å²) < 4.78 is 47.3. The lowest BCUT2D eigenvalue weighted by molar-refractivity contribution is -0.207. The van der Waals surface area contributed by atoms with E-state index in [1.165, 1.54) is 36.5 Å². The predicted octanol–water partition coefficient (Wildman–Crippen LogP) is 2.23. The molecule has 22 heavy (non-hydrogen) atoms. The fraction of sp³-hybridized carbons (Fsp3) is 0.462. The summed E-state index contributed by atoms with van der Waals surface area (Å²) >= 11 is 0. The number of hydrogen-bond donors (Lipinski definition) is 0. The molecule has 0 N–H and O–H groups in total. The standard InChI is InChI=1S/C13H15F3N4O2/c1-7-10(8(2)20(4)18-7)11(13(14,15)16)22-12(21)9-5-17-19(3)6-9/h5-6,11H,1-4H3/t11-/m1/s1. The maximum absolute atomic E-state index is 13.3. The Morgan fingerprint density at radius 1 is 1.32 bits per heavy atom. The second kappa shape index (κ2) is 5.47. The summed E-state index contributed by atoms with van der Waals surface area (Å²) in [5.41, 5.74) is 0.267. The minimum Gasteiger partial charge on any atom is -0.444 e. The van der Waals surface area contributed by atoms with E-state index in [4.69, 9.17) is 4.74 Å². The molecule has 2 heterocycles. The quantitative estimate of drug-likeness (QED) is 0.815. The Labute approximate surface area is 124 Å². The van der Waals surface area contributed by atoms with Crippen LogP contribution in [0.25, 0.3) is 0 Å². The summed E-state index contributed by atoms with van der Waals surface area (Å²) in [5, 5.41) is 7.68. The number of aromatic nitrogens is 4. The van der Waals surface area contributed by atoms with Crippen molar-refractivity contribution in [1.29, 1.82) is 0 Å². The van der Waals surface area contributed by atoms with Crippen LogP contribution in [0.5, 0.6) is 0 Å². The van der Waals surface area contributed by atoms with Gasteiger partial charge in [-0.2, -0.15) is 23.4 Å². The molecule has 2 aromatic rings. The Balaban J connectivity index is 2.38. The highest BCUT2D eigenvalue weighted by Gasteiger charge is 2.46. The molecule has 2 aromatic heterocycles. The largest absolute Gasteiger partial charge is 0.444 e. The minimum atomic E-state index is -4.74. The third-order valence-electron chi connectivity index (χ3n) is 3.29. The number of ether oxygens (including phenoxy) is 1. The SMILES string of the molecule is Cc1nn(C)c(C)c1[C@@H](OC(=O)c1cnn(C)c1)C(F)(F)F. The molecule has 6 nitrogen and oxygen atoms in total. The molecule has 0 amide bonds. The summed E-state index contributed by atoms with van der Waals surface area (Å²) in [6.45, 7) is 2.94. The number of halogens is 3. The Kier molecular flexibility index (Phi) is 3.99. The first-order valence-corrected chi connectivity index (χ1v) is 6.37. The maximum Gasteiger partial charge on any atom is 0.430 e. The van der Waals surface area contributed by atoms with Gasteiger partial charge in [0.15, 0.2) is 0 Å². The van der Waals surface area contributed by atoms with E-state index in [0.29, 0.717) is 5.69 Å². The number of nitrogens with zero attached hydrogens (tertiary/aromatic N) is 4. The number of carbonyl (C=O) groups excluding carboxylic acids is 1. The van der Waals surface area contributed by atoms with Crippen LogP contribution in [0.4, 0.5) is 13.2 Å². The lowest BCUT2D eigenvalue weighted by Gasteiger charge is -2.21. The average Bonchev–Trinajstić information content (AvgIpc) is 2.92. The van der Waals surface area contributed by atoms with Gasteiger partial charge < -0.3 is 4.74 Å². The van der Waals surface area contributed by atoms with Crippen molar-refractivity contribution >= 4 is 5.97 Å². The van der Waals surface area contributed by atoms with Crippen LogP contribution in [0, 0.1) is 13.8 Å². The zero-order valence-electron chi connectivity index (χ0n) is 12.5. The smallest absolute Gasteiger partial charge is 0.430 e. The van der Waals surface area contributed by atoms with Gasteiger partial charge in [-0.1, -0.05) is 0 Å². The molecule has 0 aliphatic heterocycles. The molecule has 0 aromatic carbocycles. The molecule has 2 rings (SSSR count). The topological polar surface area (TPSA) is 61.9 Å². The summed E-state index contributed by atoms with van der Waals surface area (Å²) in [4.78, 5) is 11.9. The van der Waals surface area contributed by atoms with E-state index < -0.39 is 18.2 Å². The molecule has 0 unspecified atom stereocenters. The van der Waals surface area contributed by atoms with Crippen molar-refractivity contribution in [3.63, 3.8) is 0 Å². The van der Waals surface area contributed by atoms with Crippen LogP contribution in [0.1, 0.15) is 33.4 Å². The number of carbonyl (C=O) groups is 1. The fourth-order valence-electron chi connectivity index (χ4n) is 2.16. The Morgan fingerprint density at radius 2 is 1.95 bits per heavy atom. The molecule has 0 saturated heterocycles.